The Balaban J connectivity index is 1.66. The van der Waals surface area contributed by atoms with Gasteiger partial charge in [-0.2, -0.15) is 0 Å². The van der Waals surface area contributed by atoms with Crippen LogP contribution >= 0.6 is 11.6 Å². The summed E-state index contributed by atoms with van der Waals surface area (Å²) in [7, 11) is 0. The maximum absolute atomic E-state index is 12.2. The zero-order valence-electron chi connectivity index (χ0n) is 13.6. The molecule has 126 valence electrons. The predicted octanol–water partition coefficient (Wildman–Crippen LogP) is 3.78. The van der Waals surface area contributed by atoms with E-state index < -0.39 is 0 Å². The summed E-state index contributed by atoms with van der Waals surface area (Å²) in [6.45, 7) is 5.18. The standard InChI is InChI=1S/C18H19ClN2O3/c1-11-4-3-5-14(12(11)2)20-10-18(22)21-15-9-17-16(8-13(15)19)23-6-7-24-17/h3-5,8-9,20H,6-7,10H2,1-2H3,(H,21,22). The van der Waals surface area contributed by atoms with Gasteiger partial charge in [-0.05, 0) is 31.0 Å². The lowest BCUT2D eigenvalue weighted by molar-refractivity contribution is -0.114. The fourth-order valence-electron chi connectivity index (χ4n) is 2.47. The van der Waals surface area contributed by atoms with E-state index in [0.29, 0.717) is 35.4 Å². The first-order valence-electron chi connectivity index (χ1n) is 7.73. The first-order valence-corrected chi connectivity index (χ1v) is 8.11. The van der Waals surface area contributed by atoms with E-state index in [1.165, 1.54) is 5.56 Å². The number of amides is 1. The third kappa shape index (κ3) is 3.57. The second-order valence-corrected chi connectivity index (χ2v) is 6.03. The lowest BCUT2D eigenvalue weighted by atomic mass is 10.1. The highest BCUT2D eigenvalue weighted by Gasteiger charge is 2.16. The minimum Gasteiger partial charge on any atom is -0.486 e. The van der Waals surface area contributed by atoms with Gasteiger partial charge in [0.25, 0.3) is 0 Å². The summed E-state index contributed by atoms with van der Waals surface area (Å²) >= 11 is 6.20. The molecular formula is C18H19ClN2O3. The number of fused-ring (bicyclic) bond motifs is 1. The Morgan fingerprint density at radius 2 is 1.83 bits per heavy atom. The van der Waals surface area contributed by atoms with E-state index in [4.69, 9.17) is 21.1 Å². The normalized spacial score (nSPS) is 12.6. The van der Waals surface area contributed by atoms with E-state index in [1.54, 1.807) is 12.1 Å². The zero-order valence-corrected chi connectivity index (χ0v) is 14.4. The lowest BCUT2D eigenvalue weighted by Crippen LogP contribution is -2.22. The summed E-state index contributed by atoms with van der Waals surface area (Å²) in [5.74, 6) is 0.996. The summed E-state index contributed by atoms with van der Waals surface area (Å²) in [4.78, 5) is 12.2. The molecule has 0 spiro atoms. The Morgan fingerprint density at radius 1 is 1.12 bits per heavy atom. The summed E-state index contributed by atoms with van der Waals surface area (Å²) in [5, 5.41) is 6.36. The number of anilines is 2. The number of nitrogens with one attached hydrogen (secondary N) is 2. The van der Waals surface area contributed by atoms with E-state index >= 15 is 0 Å². The number of ether oxygens (including phenoxy) is 2. The van der Waals surface area contributed by atoms with E-state index in [0.717, 1.165) is 11.3 Å². The minimum atomic E-state index is -0.186. The van der Waals surface area contributed by atoms with E-state index in [2.05, 4.69) is 10.6 Å². The van der Waals surface area contributed by atoms with Crippen molar-refractivity contribution in [3.05, 3.63) is 46.5 Å². The lowest BCUT2D eigenvalue weighted by Gasteiger charge is -2.20. The summed E-state index contributed by atoms with van der Waals surface area (Å²) < 4.78 is 11.0. The van der Waals surface area contributed by atoms with Gasteiger partial charge in [0.05, 0.1) is 17.3 Å². The Morgan fingerprint density at radius 3 is 2.58 bits per heavy atom. The van der Waals surface area contributed by atoms with Gasteiger partial charge in [-0.3, -0.25) is 4.79 Å². The van der Waals surface area contributed by atoms with Gasteiger partial charge >= 0.3 is 0 Å². The van der Waals surface area contributed by atoms with Crippen LogP contribution in [-0.2, 0) is 4.79 Å². The second kappa shape index (κ2) is 7.01. The number of carbonyl (C=O) groups excluding carboxylic acids is 1. The molecule has 0 aromatic heterocycles. The van der Waals surface area contributed by atoms with E-state index in [9.17, 15) is 4.79 Å². The average molecular weight is 347 g/mol. The molecule has 1 heterocycles. The van der Waals surface area contributed by atoms with Crippen LogP contribution in [-0.4, -0.2) is 25.7 Å². The summed E-state index contributed by atoms with van der Waals surface area (Å²) in [6, 6.07) is 9.29. The molecule has 6 heteroatoms. The first kappa shape index (κ1) is 16.5. The highest BCUT2D eigenvalue weighted by Crippen LogP contribution is 2.37. The predicted molar refractivity (Wildman–Crippen MR) is 95.5 cm³/mol. The largest absolute Gasteiger partial charge is 0.486 e. The van der Waals surface area contributed by atoms with Gasteiger partial charge in [-0.1, -0.05) is 23.7 Å². The van der Waals surface area contributed by atoms with Crippen LogP contribution in [0.5, 0.6) is 11.5 Å². The number of benzene rings is 2. The molecule has 0 aliphatic carbocycles. The zero-order chi connectivity index (χ0) is 17.1. The smallest absolute Gasteiger partial charge is 0.243 e. The van der Waals surface area contributed by atoms with Crippen molar-refractivity contribution in [3.63, 3.8) is 0 Å². The number of rotatable bonds is 4. The summed E-state index contributed by atoms with van der Waals surface area (Å²) in [6.07, 6.45) is 0. The highest BCUT2D eigenvalue weighted by molar-refractivity contribution is 6.34. The molecule has 0 fully saturated rings. The maximum Gasteiger partial charge on any atom is 0.243 e. The van der Waals surface area contributed by atoms with Crippen molar-refractivity contribution in [3.8, 4) is 11.5 Å². The van der Waals surface area contributed by atoms with Crippen molar-refractivity contribution in [1.82, 2.24) is 0 Å². The minimum absolute atomic E-state index is 0.148. The average Bonchev–Trinajstić information content (AvgIpc) is 2.57. The van der Waals surface area contributed by atoms with Gasteiger partial charge in [0.1, 0.15) is 13.2 Å². The van der Waals surface area contributed by atoms with Crippen LogP contribution in [0.25, 0.3) is 0 Å². The number of carbonyl (C=O) groups is 1. The molecule has 2 aromatic rings. The van der Waals surface area contributed by atoms with Gasteiger partial charge in [0, 0.05) is 17.8 Å². The molecule has 1 aliphatic rings. The fraction of sp³-hybridized carbons (Fsp3) is 0.278. The number of hydrogen-bond acceptors (Lipinski definition) is 4. The molecule has 5 nitrogen and oxygen atoms in total. The molecule has 0 saturated heterocycles. The fourth-order valence-corrected chi connectivity index (χ4v) is 2.67. The van der Waals surface area contributed by atoms with Crippen LogP contribution in [0.2, 0.25) is 5.02 Å². The van der Waals surface area contributed by atoms with Crippen molar-refractivity contribution < 1.29 is 14.3 Å². The van der Waals surface area contributed by atoms with Crippen molar-refractivity contribution in [2.75, 3.05) is 30.4 Å². The Bertz CT molecular complexity index is 777. The quantitative estimate of drug-likeness (QED) is 0.884. The first-order chi connectivity index (χ1) is 11.5. The third-order valence-corrected chi connectivity index (χ3v) is 4.26. The molecule has 2 aromatic carbocycles. The topological polar surface area (TPSA) is 59.6 Å². The van der Waals surface area contributed by atoms with Gasteiger partial charge in [0.2, 0.25) is 5.91 Å². The Hall–Kier alpha value is -2.40. The molecular weight excluding hydrogens is 328 g/mol. The number of hydrogen-bond donors (Lipinski definition) is 2. The van der Waals surface area contributed by atoms with Gasteiger partial charge in [-0.15, -0.1) is 0 Å². The Kier molecular flexibility index (Phi) is 4.81. The molecule has 0 saturated carbocycles. The molecule has 2 N–H and O–H groups in total. The SMILES string of the molecule is Cc1cccc(NCC(=O)Nc2cc3c(cc2Cl)OCCO3)c1C. The molecule has 1 aliphatic heterocycles. The molecule has 3 rings (SSSR count). The van der Waals surface area contributed by atoms with E-state index in [1.807, 2.05) is 32.0 Å². The molecule has 0 atom stereocenters. The van der Waals surface area contributed by atoms with Crippen LogP contribution < -0.4 is 20.1 Å². The molecule has 0 bridgehead atoms. The monoisotopic (exact) mass is 346 g/mol. The van der Waals surface area contributed by atoms with Gasteiger partial charge in [0.15, 0.2) is 11.5 Å². The third-order valence-electron chi connectivity index (χ3n) is 3.95. The van der Waals surface area contributed by atoms with Crippen LogP contribution in [0, 0.1) is 13.8 Å². The molecule has 0 unspecified atom stereocenters. The van der Waals surface area contributed by atoms with Crippen molar-refractivity contribution in [1.29, 1.82) is 0 Å². The highest BCUT2D eigenvalue weighted by atomic mass is 35.5. The van der Waals surface area contributed by atoms with Crippen LogP contribution in [0.3, 0.4) is 0 Å². The molecule has 24 heavy (non-hydrogen) atoms. The molecule has 1 amide bonds. The van der Waals surface area contributed by atoms with Crippen LogP contribution in [0.4, 0.5) is 11.4 Å². The molecule has 0 radical (unpaired) electrons. The van der Waals surface area contributed by atoms with Gasteiger partial charge < -0.3 is 20.1 Å². The Labute approximate surface area is 145 Å². The second-order valence-electron chi connectivity index (χ2n) is 5.62. The maximum atomic E-state index is 12.2. The van der Waals surface area contributed by atoms with E-state index in [-0.39, 0.29) is 12.5 Å². The summed E-state index contributed by atoms with van der Waals surface area (Å²) in [5.41, 5.74) is 3.75. The van der Waals surface area contributed by atoms with Crippen LogP contribution in [0.1, 0.15) is 11.1 Å². The number of aryl methyl sites for hydroxylation is 1. The number of halogens is 1. The van der Waals surface area contributed by atoms with Crippen molar-refractivity contribution in [2.45, 2.75) is 13.8 Å². The van der Waals surface area contributed by atoms with Crippen LogP contribution in [0.15, 0.2) is 30.3 Å². The van der Waals surface area contributed by atoms with Crippen molar-refractivity contribution >= 4 is 28.9 Å². The van der Waals surface area contributed by atoms with Crippen molar-refractivity contribution in [2.24, 2.45) is 0 Å². The van der Waals surface area contributed by atoms with Gasteiger partial charge in [-0.25, -0.2) is 0 Å².